The second-order valence-electron chi connectivity index (χ2n) is 4.41. The minimum Gasteiger partial charge on any atom is -0.484 e. The van der Waals surface area contributed by atoms with Crippen molar-refractivity contribution in [3.8, 4) is 5.75 Å². The summed E-state index contributed by atoms with van der Waals surface area (Å²) in [6.07, 6.45) is 0. The summed E-state index contributed by atoms with van der Waals surface area (Å²) in [5.74, 6) is 2.74. The average Bonchev–Trinajstić information content (AvgIpc) is 2.84. The predicted octanol–water partition coefficient (Wildman–Crippen LogP) is 4.05. The molecule has 1 aromatic carbocycles. The summed E-state index contributed by atoms with van der Waals surface area (Å²) < 4.78 is 11.0. The molecule has 1 aromatic heterocycles. The van der Waals surface area contributed by atoms with E-state index in [4.69, 9.17) is 20.8 Å². The van der Waals surface area contributed by atoms with Crippen LogP contribution in [0.25, 0.3) is 0 Å². The zero-order valence-corrected chi connectivity index (χ0v) is 12.4. The van der Waals surface area contributed by atoms with Gasteiger partial charge in [0.1, 0.15) is 5.75 Å². The summed E-state index contributed by atoms with van der Waals surface area (Å²) >= 11 is 7.35. The molecule has 0 bridgehead atoms. The van der Waals surface area contributed by atoms with Crippen molar-refractivity contribution in [3.63, 3.8) is 0 Å². The van der Waals surface area contributed by atoms with Crippen LogP contribution >= 0.6 is 23.4 Å². The molecular formula is C13H15ClN2O2S. The third-order valence-corrected chi connectivity index (χ3v) is 3.66. The van der Waals surface area contributed by atoms with E-state index in [-0.39, 0.29) is 6.61 Å². The first-order chi connectivity index (χ1) is 9.13. The third kappa shape index (κ3) is 4.76. The first-order valence-electron chi connectivity index (χ1n) is 5.97. The lowest BCUT2D eigenvalue weighted by Crippen LogP contribution is -1.95. The summed E-state index contributed by atoms with van der Waals surface area (Å²) in [6, 6.07) is 7.14. The molecule has 0 saturated heterocycles. The Balaban J connectivity index is 1.84. The molecule has 19 heavy (non-hydrogen) atoms. The zero-order chi connectivity index (χ0) is 13.7. The number of thioether (sulfide) groups is 1. The Hall–Kier alpha value is -1.20. The second-order valence-corrected chi connectivity index (χ2v) is 5.82. The van der Waals surface area contributed by atoms with E-state index in [0.29, 0.717) is 22.1 Å². The average molecular weight is 299 g/mol. The number of halogens is 1. The van der Waals surface area contributed by atoms with Gasteiger partial charge in [0.25, 0.3) is 11.1 Å². The van der Waals surface area contributed by atoms with Crippen LogP contribution in [0.5, 0.6) is 5.75 Å². The van der Waals surface area contributed by atoms with E-state index in [0.717, 1.165) is 11.5 Å². The van der Waals surface area contributed by atoms with Crippen molar-refractivity contribution in [1.82, 2.24) is 10.2 Å². The van der Waals surface area contributed by atoms with Gasteiger partial charge in [0.15, 0.2) is 6.61 Å². The van der Waals surface area contributed by atoms with E-state index in [1.165, 1.54) is 0 Å². The van der Waals surface area contributed by atoms with E-state index in [1.54, 1.807) is 36.0 Å². The molecular weight excluding hydrogens is 284 g/mol. The van der Waals surface area contributed by atoms with Crippen molar-refractivity contribution < 1.29 is 9.15 Å². The van der Waals surface area contributed by atoms with Crippen LogP contribution in [0.4, 0.5) is 0 Å². The molecule has 0 unspecified atom stereocenters. The van der Waals surface area contributed by atoms with E-state index < -0.39 is 0 Å². The normalized spacial score (nSPS) is 10.9. The minimum absolute atomic E-state index is 0.261. The first-order valence-corrected chi connectivity index (χ1v) is 7.33. The van der Waals surface area contributed by atoms with Gasteiger partial charge in [-0.05, 0) is 30.2 Å². The summed E-state index contributed by atoms with van der Waals surface area (Å²) in [5.41, 5.74) is 0. The van der Waals surface area contributed by atoms with Gasteiger partial charge in [0.2, 0.25) is 0 Å². The van der Waals surface area contributed by atoms with Gasteiger partial charge in [-0.1, -0.05) is 37.2 Å². The molecule has 2 aromatic rings. The van der Waals surface area contributed by atoms with Gasteiger partial charge in [0, 0.05) is 10.8 Å². The fourth-order valence-electron chi connectivity index (χ4n) is 1.27. The zero-order valence-electron chi connectivity index (χ0n) is 10.8. The maximum Gasteiger partial charge on any atom is 0.276 e. The van der Waals surface area contributed by atoms with E-state index in [2.05, 4.69) is 24.0 Å². The van der Waals surface area contributed by atoms with Gasteiger partial charge in [-0.15, -0.1) is 10.2 Å². The standard InChI is InChI=1S/C13H15ClN2O2S/c1-9(2)8-19-13-16-15-12(18-13)7-17-11-5-3-10(14)4-6-11/h3-6,9H,7-8H2,1-2H3. The summed E-state index contributed by atoms with van der Waals surface area (Å²) in [7, 11) is 0. The largest absolute Gasteiger partial charge is 0.484 e. The lowest BCUT2D eigenvalue weighted by molar-refractivity contribution is 0.252. The molecule has 2 rings (SSSR count). The Kier molecular flexibility index (Phi) is 5.10. The highest BCUT2D eigenvalue weighted by Crippen LogP contribution is 2.20. The summed E-state index contributed by atoms with van der Waals surface area (Å²) in [4.78, 5) is 0. The molecule has 4 nitrogen and oxygen atoms in total. The maximum atomic E-state index is 5.79. The minimum atomic E-state index is 0.261. The van der Waals surface area contributed by atoms with Crippen molar-refractivity contribution in [3.05, 3.63) is 35.2 Å². The number of benzene rings is 1. The molecule has 0 aliphatic carbocycles. The van der Waals surface area contributed by atoms with Crippen LogP contribution in [-0.4, -0.2) is 16.0 Å². The number of hydrogen-bond acceptors (Lipinski definition) is 5. The van der Waals surface area contributed by atoms with Gasteiger partial charge in [-0.2, -0.15) is 0 Å². The number of aromatic nitrogens is 2. The molecule has 0 fully saturated rings. The summed E-state index contributed by atoms with van der Waals surface area (Å²) in [6.45, 7) is 4.55. The Morgan fingerprint density at radius 2 is 2.00 bits per heavy atom. The molecule has 1 heterocycles. The molecule has 0 spiro atoms. The molecule has 0 aliphatic heterocycles. The molecule has 0 radical (unpaired) electrons. The molecule has 102 valence electrons. The van der Waals surface area contributed by atoms with Crippen LogP contribution in [0, 0.1) is 5.92 Å². The fraction of sp³-hybridized carbons (Fsp3) is 0.385. The van der Waals surface area contributed by atoms with E-state index >= 15 is 0 Å². The topological polar surface area (TPSA) is 48.2 Å². The monoisotopic (exact) mass is 298 g/mol. The Morgan fingerprint density at radius 3 is 2.68 bits per heavy atom. The highest BCUT2D eigenvalue weighted by atomic mass is 35.5. The second kappa shape index (κ2) is 6.82. The van der Waals surface area contributed by atoms with Gasteiger partial charge >= 0.3 is 0 Å². The Morgan fingerprint density at radius 1 is 1.26 bits per heavy atom. The Labute approximate surface area is 121 Å². The van der Waals surface area contributed by atoms with Crippen molar-refractivity contribution in [2.75, 3.05) is 5.75 Å². The number of rotatable bonds is 6. The molecule has 0 saturated carbocycles. The van der Waals surface area contributed by atoms with Gasteiger partial charge in [0.05, 0.1) is 0 Å². The highest BCUT2D eigenvalue weighted by Gasteiger charge is 2.08. The molecule has 0 amide bonds. The quantitative estimate of drug-likeness (QED) is 0.753. The Bertz CT molecular complexity index is 514. The van der Waals surface area contributed by atoms with Crippen LogP contribution in [0.2, 0.25) is 5.02 Å². The number of ether oxygens (including phenoxy) is 1. The van der Waals surface area contributed by atoms with Gasteiger partial charge < -0.3 is 9.15 Å². The van der Waals surface area contributed by atoms with Crippen molar-refractivity contribution >= 4 is 23.4 Å². The van der Waals surface area contributed by atoms with Crippen LogP contribution < -0.4 is 4.74 Å². The van der Waals surface area contributed by atoms with Gasteiger partial charge in [-0.3, -0.25) is 0 Å². The fourth-order valence-corrected chi connectivity index (χ4v) is 2.12. The molecule has 0 aliphatic rings. The highest BCUT2D eigenvalue weighted by molar-refractivity contribution is 7.99. The van der Waals surface area contributed by atoms with Crippen molar-refractivity contribution in [2.45, 2.75) is 25.7 Å². The predicted molar refractivity (Wildman–Crippen MR) is 75.6 cm³/mol. The molecule has 0 N–H and O–H groups in total. The number of nitrogens with zero attached hydrogens (tertiary/aromatic N) is 2. The van der Waals surface area contributed by atoms with E-state index in [1.807, 2.05) is 0 Å². The third-order valence-electron chi connectivity index (χ3n) is 2.16. The number of hydrogen-bond donors (Lipinski definition) is 0. The lowest BCUT2D eigenvalue weighted by Gasteiger charge is -2.02. The van der Waals surface area contributed by atoms with Crippen LogP contribution in [-0.2, 0) is 6.61 Å². The van der Waals surface area contributed by atoms with Crippen molar-refractivity contribution in [1.29, 1.82) is 0 Å². The summed E-state index contributed by atoms with van der Waals surface area (Å²) in [5, 5.41) is 9.16. The van der Waals surface area contributed by atoms with Crippen LogP contribution in [0.1, 0.15) is 19.7 Å². The first kappa shape index (κ1) is 14.2. The SMILES string of the molecule is CC(C)CSc1nnc(COc2ccc(Cl)cc2)o1. The smallest absolute Gasteiger partial charge is 0.276 e. The van der Waals surface area contributed by atoms with Crippen LogP contribution in [0.15, 0.2) is 33.9 Å². The van der Waals surface area contributed by atoms with Gasteiger partial charge in [-0.25, -0.2) is 0 Å². The maximum absolute atomic E-state index is 5.79. The lowest BCUT2D eigenvalue weighted by atomic mass is 10.3. The molecule has 6 heteroatoms. The van der Waals surface area contributed by atoms with Crippen molar-refractivity contribution in [2.24, 2.45) is 5.92 Å². The van der Waals surface area contributed by atoms with Crippen LogP contribution in [0.3, 0.4) is 0 Å². The molecule has 0 atom stereocenters. The van der Waals surface area contributed by atoms with E-state index in [9.17, 15) is 0 Å².